The van der Waals surface area contributed by atoms with E-state index in [-0.39, 0.29) is 5.91 Å². The van der Waals surface area contributed by atoms with Crippen LogP contribution in [-0.4, -0.2) is 57.2 Å². The standard InChI is InChI=1S/C26H37N3O3/c1-19(2)22-18-23(27-21(4)30)20(3)17-26(22)32-16-8-11-28-12-14-29(15-13-28)24-9-6-7-10-25(24)31-5/h6-7,9-10,17-19H,8,11-16H2,1-5H3,(H,27,30). The van der Waals surface area contributed by atoms with Crippen molar-refractivity contribution in [3.8, 4) is 11.5 Å². The average molecular weight is 440 g/mol. The fourth-order valence-corrected chi connectivity index (χ4v) is 4.17. The van der Waals surface area contributed by atoms with Gasteiger partial charge in [0.05, 0.1) is 19.4 Å². The van der Waals surface area contributed by atoms with Crippen LogP contribution in [0.15, 0.2) is 36.4 Å². The summed E-state index contributed by atoms with van der Waals surface area (Å²) < 4.78 is 11.7. The molecule has 1 N–H and O–H groups in total. The first kappa shape index (κ1) is 23.9. The van der Waals surface area contributed by atoms with Gasteiger partial charge in [-0.2, -0.15) is 0 Å². The third-order valence-corrected chi connectivity index (χ3v) is 5.96. The zero-order valence-electron chi connectivity index (χ0n) is 20.1. The van der Waals surface area contributed by atoms with E-state index >= 15 is 0 Å². The van der Waals surface area contributed by atoms with E-state index in [1.54, 1.807) is 7.11 Å². The van der Waals surface area contributed by atoms with Gasteiger partial charge in [0.25, 0.3) is 0 Å². The maximum absolute atomic E-state index is 11.5. The Morgan fingerprint density at radius 3 is 2.47 bits per heavy atom. The van der Waals surface area contributed by atoms with Gasteiger partial charge in [-0.1, -0.05) is 26.0 Å². The molecule has 1 heterocycles. The van der Waals surface area contributed by atoms with E-state index in [0.717, 1.165) is 67.5 Å². The summed E-state index contributed by atoms with van der Waals surface area (Å²) in [6, 6.07) is 12.3. The van der Waals surface area contributed by atoms with Crippen molar-refractivity contribution in [3.05, 3.63) is 47.5 Å². The van der Waals surface area contributed by atoms with E-state index in [1.807, 2.05) is 31.2 Å². The molecule has 0 saturated carbocycles. The highest BCUT2D eigenvalue weighted by molar-refractivity contribution is 5.89. The molecular weight excluding hydrogens is 402 g/mol. The van der Waals surface area contributed by atoms with Crippen LogP contribution in [0.3, 0.4) is 0 Å². The van der Waals surface area contributed by atoms with Gasteiger partial charge in [0.15, 0.2) is 0 Å². The van der Waals surface area contributed by atoms with Crippen LogP contribution in [0.1, 0.15) is 44.2 Å². The van der Waals surface area contributed by atoms with Crippen molar-refractivity contribution in [1.29, 1.82) is 0 Å². The Bertz CT molecular complexity index is 905. The molecule has 6 heteroatoms. The SMILES string of the molecule is COc1ccccc1N1CCN(CCCOc2cc(C)c(NC(C)=O)cc2C(C)C)CC1. The Morgan fingerprint density at radius 1 is 1.09 bits per heavy atom. The second-order valence-electron chi connectivity index (χ2n) is 8.74. The lowest BCUT2D eigenvalue weighted by molar-refractivity contribution is -0.114. The van der Waals surface area contributed by atoms with Gasteiger partial charge in [-0.25, -0.2) is 0 Å². The topological polar surface area (TPSA) is 54.0 Å². The smallest absolute Gasteiger partial charge is 0.221 e. The summed E-state index contributed by atoms with van der Waals surface area (Å²) in [5, 5.41) is 2.92. The molecule has 6 nitrogen and oxygen atoms in total. The molecule has 1 fully saturated rings. The van der Waals surface area contributed by atoms with Crippen LogP contribution in [0.4, 0.5) is 11.4 Å². The summed E-state index contributed by atoms with van der Waals surface area (Å²) in [5.41, 5.74) is 4.19. The average Bonchev–Trinajstić information content (AvgIpc) is 2.78. The Labute approximate surface area is 192 Å². The first-order chi connectivity index (χ1) is 15.4. The molecule has 174 valence electrons. The molecule has 0 unspecified atom stereocenters. The van der Waals surface area contributed by atoms with Crippen LogP contribution in [0, 0.1) is 6.92 Å². The predicted molar refractivity (Wildman–Crippen MR) is 131 cm³/mol. The van der Waals surface area contributed by atoms with E-state index in [1.165, 1.54) is 12.6 Å². The summed E-state index contributed by atoms with van der Waals surface area (Å²) >= 11 is 0. The number of benzene rings is 2. The lowest BCUT2D eigenvalue weighted by Gasteiger charge is -2.36. The molecule has 3 rings (SSSR count). The minimum absolute atomic E-state index is 0.0534. The number of piperazine rings is 1. The predicted octanol–water partition coefficient (Wildman–Crippen LogP) is 4.68. The normalized spacial score (nSPS) is 14.5. The van der Waals surface area contributed by atoms with E-state index in [0.29, 0.717) is 12.5 Å². The Balaban J connectivity index is 1.49. The van der Waals surface area contributed by atoms with E-state index in [9.17, 15) is 4.79 Å². The summed E-state index contributed by atoms with van der Waals surface area (Å²) in [6.45, 7) is 13.6. The van der Waals surface area contributed by atoms with E-state index in [4.69, 9.17) is 9.47 Å². The minimum atomic E-state index is -0.0534. The molecule has 1 aliphatic rings. The van der Waals surface area contributed by atoms with Crippen molar-refractivity contribution < 1.29 is 14.3 Å². The van der Waals surface area contributed by atoms with Crippen molar-refractivity contribution in [3.63, 3.8) is 0 Å². The summed E-state index contributed by atoms with van der Waals surface area (Å²) in [7, 11) is 1.73. The number of para-hydroxylation sites is 2. The number of carbonyl (C=O) groups excluding carboxylic acids is 1. The van der Waals surface area contributed by atoms with Gasteiger partial charge in [-0.05, 0) is 54.7 Å². The molecule has 1 saturated heterocycles. The van der Waals surface area contributed by atoms with Gasteiger partial charge in [-0.15, -0.1) is 0 Å². The van der Waals surface area contributed by atoms with Gasteiger partial charge in [0.1, 0.15) is 11.5 Å². The second kappa shape index (κ2) is 11.2. The summed E-state index contributed by atoms with van der Waals surface area (Å²) in [5.74, 6) is 2.13. The molecule has 0 bridgehead atoms. The van der Waals surface area contributed by atoms with Crippen molar-refractivity contribution >= 4 is 17.3 Å². The molecule has 1 aliphatic heterocycles. The monoisotopic (exact) mass is 439 g/mol. The highest BCUT2D eigenvalue weighted by atomic mass is 16.5. The van der Waals surface area contributed by atoms with Gasteiger partial charge in [-0.3, -0.25) is 9.69 Å². The van der Waals surface area contributed by atoms with Crippen LogP contribution in [0.25, 0.3) is 0 Å². The van der Waals surface area contributed by atoms with Crippen molar-refractivity contribution in [2.45, 2.75) is 40.0 Å². The number of aryl methyl sites for hydroxylation is 1. The molecule has 2 aromatic carbocycles. The lowest BCUT2D eigenvalue weighted by Crippen LogP contribution is -2.46. The maximum Gasteiger partial charge on any atom is 0.221 e. The Kier molecular flexibility index (Phi) is 8.39. The van der Waals surface area contributed by atoms with Gasteiger partial charge in [0, 0.05) is 45.3 Å². The fraction of sp³-hybridized carbons (Fsp3) is 0.500. The zero-order chi connectivity index (χ0) is 23.1. The first-order valence-electron chi connectivity index (χ1n) is 11.5. The van der Waals surface area contributed by atoms with Gasteiger partial charge in [0.2, 0.25) is 5.91 Å². The largest absolute Gasteiger partial charge is 0.495 e. The number of nitrogens with one attached hydrogen (secondary N) is 1. The fourth-order valence-electron chi connectivity index (χ4n) is 4.17. The van der Waals surface area contributed by atoms with Crippen LogP contribution >= 0.6 is 0 Å². The van der Waals surface area contributed by atoms with Gasteiger partial charge >= 0.3 is 0 Å². The number of amides is 1. The molecular formula is C26H37N3O3. The third-order valence-electron chi connectivity index (χ3n) is 5.96. The molecule has 0 atom stereocenters. The number of nitrogens with zero attached hydrogens (tertiary/aromatic N) is 2. The number of rotatable bonds is 9. The molecule has 0 spiro atoms. The molecule has 2 aromatic rings. The van der Waals surface area contributed by atoms with Crippen LogP contribution in [0.2, 0.25) is 0 Å². The van der Waals surface area contributed by atoms with E-state index < -0.39 is 0 Å². The number of hydrogen-bond donors (Lipinski definition) is 1. The van der Waals surface area contributed by atoms with Crippen LogP contribution in [0.5, 0.6) is 11.5 Å². The van der Waals surface area contributed by atoms with Crippen LogP contribution in [-0.2, 0) is 4.79 Å². The highest BCUT2D eigenvalue weighted by Crippen LogP contribution is 2.32. The summed E-state index contributed by atoms with van der Waals surface area (Å²) in [6.07, 6.45) is 0.985. The molecule has 0 aliphatic carbocycles. The number of hydrogen-bond acceptors (Lipinski definition) is 5. The minimum Gasteiger partial charge on any atom is -0.495 e. The quantitative estimate of drug-likeness (QED) is 0.575. The number of methoxy groups -OCH3 is 1. The molecule has 32 heavy (non-hydrogen) atoms. The Morgan fingerprint density at radius 2 is 1.81 bits per heavy atom. The number of carbonyl (C=O) groups is 1. The number of ether oxygens (including phenoxy) is 2. The maximum atomic E-state index is 11.5. The van der Waals surface area contributed by atoms with Crippen LogP contribution < -0.4 is 19.7 Å². The second-order valence-corrected chi connectivity index (χ2v) is 8.74. The Hall–Kier alpha value is -2.73. The highest BCUT2D eigenvalue weighted by Gasteiger charge is 2.19. The number of anilines is 2. The first-order valence-corrected chi connectivity index (χ1v) is 11.5. The van der Waals surface area contributed by atoms with Crippen molar-refractivity contribution in [2.24, 2.45) is 0 Å². The molecule has 0 radical (unpaired) electrons. The molecule has 1 amide bonds. The van der Waals surface area contributed by atoms with Crippen molar-refractivity contribution in [1.82, 2.24) is 4.90 Å². The van der Waals surface area contributed by atoms with E-state index in [2.05, 4.69) is 41.1 Å². The summed E-state index contributed by atoms with van der Waals surface area (Å²) in [4.78, 5) is 16.4. The molecule has 0 aromatic heterocycles. The third kappa shape index (κ3) is 6.16. The van der Waals surface area contributed by atoms with Crippen molar-refractivity contribution in [2.75, 3.05) is 56.7 Å². The van der Waals surface area contributed by atoms with Gasteiger partial charge < -0.3 is 19.7 Å². The lowest BCUT2D eigenvalue weighted by atomic mass is 9.99. The zero-order valence-corrected chi connectivity index (χ0v) is 20.1.